The molecule has 36 heavy (non-hydrogen) atoms. The van der Waals surface area contributed by atoms with Crippen LogP contribution in [-0.4, -0.2) is 56.3 Å². The van der Waals surface area contributed by atoms with Crippen LogP contribution in [0.4, 0.5) is 0 Å². The van der Waals surface area contributed by atoms with Gasteiger partial charge in [0.25, 0.3) is 20.0 Å². The summed E-state index contributed by atoms with van der Waals surface area (Å²) >= 11 is 0. The maximum Gasteiger partial charge on any atom is 0.276 e. The van der Waals surface area contributed by atoms with Gasteiger partial charge < -0.3 is 0 Å². The minimum atomic E-state index is -3.98. The average molecular weight is 579 g/mol. The van der Waals surface area contributed by atoms with Gasteiger partial charge in [-0.1, -0.05) is 49.2 Å². The van der Waals surface area contributed by atoms with Gasteiger partial charge in [-0.15, -0.1) is 0 Å². The Kier molecular flexibility index (Phi) is 10.6. The molecule has 0 aliphatic carbocycles. The monoisotopic (exact) mass is 578 g/mol. The van der Waals surface area contributed by atoms with Gasteiger partial charge >= 0.3 is 0 Å². The molecule has 0 atom stereocenters. The Bertz CT molecular complexity index is 1360. The SMILES string of the molecule is O=S(=O)(C=NNS(=O)(=O)c1ccccc1)CCCCCCS(=O)(=O)C=NNS(=O)(=O)c1ccccc1. The summed E-state index contributed by atoms with van der Waals surface area (Å²) in [5.74, 6) is -0.585. The molecule has 2 aromatic rings. The molecule has 16 heteroatoms. The summed E-state index contributed by atoms with van der Waals surface area (Å²) < 4.78 is 96.0. The maximum absolute atomic E-state index is 12.0. The number of rotatable bonds is 15. The highest BCUT2D eigenvalue weighted by atomic mass is 32.2. The highest BCUT2D eigenvalue weighted by molar-refractivity contribution is 8.04. The van der Waals surface area contributed by atoms with Crippen LogP contribution in [0.15, 0.2) is 80.7 Å². The van der Waals surface area contributed by atoms with E-state index < -0.39 is 39.7 Å². The zero-order chi connectivity index (χ0) is 26.7. The Morgan fingerprint density at radius 3 is 1.19 bits per heavy atom. The van der Waals surface area contributed by atoms with Crippen molar-refractivity contribution in [1.29, 1.82) is 0 Å². The summed E-state index contributed by atoms with van der Waals surface area (Å²) in [5, 5.41) is 6.62. The topological polar surface area (TPSA) is 185 Å². The van der Waals surface area contributed by atoms with Crippen LogP contribution in [-0.2, 0) is 39.7 Å². The Labute approximate surface area is 211 Å². The van der Waals surface area contributed by atoms with Crippen LogP contribution in [0.1, 0.15) is 25.7 Å². The molecule has 2 rings (SSSR count). The normalized spacial score (nSPS) is 13.2. The molecular weight excluding hydrogens is 553 g/mol. The summed E-state index contributed by atoms with van der Waals surface area (Å²) in [6.45, 7) is 0. The molecule has 0 amide bonds. The second kappa shape index (κ2) is 12.9. The van der Waals surface area contributed by atoms with Crippen molar-refractivity contribution in [3.05, 3.63) is 60.7 Å². The van der Waals surface area contributed by atoms with Gasteiger partial charge in [-0.3, -0.25) is 0 Å². The lowest BCUT2D eigenvalue weighted by atomic mass is 10.2. The van der Waals surface area contributed by atoms with Crippen molar-refractivity contribution in [3.8, 4) is 0 Å². The summed E-state index contributed by atoms with van der Waals surface area (Å²) in [7, 11) is -15.5. The molecular formula is C20H26N4O8S4. The van der Waals surface area contributed by atoms with E-state index in [0.29, 0.717) is 23.9 Å². The quantitative estimate of drug-likeness (QED) is 0.137. The van der Waals surface area contributed by atoms with Gasteiger partial charge in [0.1, 0.15) is 11.1 Å². The van der Waals surface area contributed by atoms with Gasteiger partial charge in [0.05, 0.1) is 21.3 Å². The zero-order valence-electron chi connectivity index (χ0n) is 19.0. The molecule has 198 valence electrons. The van der Waals surface area contributed by atoms with E-state index in [4.69, 9.17) is 0 Å². The fourth-order valence-corrected chi connectivity index (χ4v) is 6.32. The van der Waals surface area contributed by atoms with E-state index in [1.165, 1.54) is 48.5 Å². The molecule has 0 aliphatic heterocycles. The third kappa shape index (κ3) is 10.4. The van der Waals surface area contributed by atoms with Crippen molar-refractivity contribution >= 4 is 50.8 Å². The highest BCUT2D eigenvalue weighted by Gasteiger charge is 2.14. The second-order valence-electron chi connectivity index (χ2n) is 7.43. The molecule has 0 aromatic heterocycles. The van der Waals surface area contributed by atoms with Crippen LogP contribution in [0.5, 0.6) is 0 Å². The fraction of sp³-hybridized carbons (Fsp3) is 0.300. The largest absolute Gasteiger partial charge is 0.276 e. The van der Waals surface area contributed by atoms with E-state index in [9.17, 15) is 33.7 Å². The standard InChI is InChI=1S/C20H26N4O8S4/c25-33(26,17-21-23-35(29,30)19-11-5-3-6-12-19)15-9-1-2-10-16-34(27,28)18-22-24-36(31,32)20-13-7-4-8-14-20/h3-8,11-14,17-18,23-24H,1-2,9-10,15-16H2. The van der Waals surface area contributed by atoms with Gasteiger partial charge in [0.2, 0.25) is 0 Å². The number of nitrogens with zero attached hydrogens (tertiary/aromatic N) is 2. The first-order chi connectivity index (χ1) is 16.8. The number of benzene rings is 2. The third-order valence-corrected chi connectivity index (χ3v) is 9.53. The Balaban J connectivity index is 1.70. The molecule has 0 aliphatic rings. The average Bonchev–Trinajstić information content (AvgIpc) is 2.82. The van der Waals surface area contributed by atoms with Crippen molar-refractivity contribution in [2.24, 2.45) is 10.2 Å². The Morgan fingerprint density at radius 1 is 0.528 bits per heavy atom. The van der Waals surface area contributed by atoms with Gasteiger partial charge in [-0.05, 0) is 37.1 Å². The fourth-order valence-electron chi connectivity index (χ4n) is 2.71. The van der Waals surface area contributed by atoms with E-state index in [2.05, 4.69) is 10.2 Å². The van der Waals surface area contributed by atoms with Crippen molar-refractivity contribution in [2.45, 2.75) is 35.5 Å². The third-order valence-electron chi connectivity index (χ3n) is 4.49. The number of sulfonamides is 2. The predicted molar refractivity (Wildman–Crippen MR) is 137 cm³/mol. The molecule has 2 aromatic carbocycles. The smallest absolute Gasteiger partial charge is 0.223 e. The van der Waals surface area contributed by atoms with Crippen LogP contribution < -0.4 is 9.66 Å². The van der Waals surface area contributed by atoms with Crippen LogP contribution in [0.2, 0.25) is 0 Å². The van der Waals surface area contributed by atoms with E-state index in [1.54, 1.807) is 12.1 Å². The minimum absolute atomic E-state index is 0.0619. The molecule has 0 unspecified atom stereocenters. The van der Waals surface area contributed by atoms with E-state index in [1.807, 2.05) is 9.66 Å². The van der Waals surface area contributed by atoms with Gasteiger partial charge in [0.15, 0.2) is 19.7 Å². The first-order valence-electron chi connectivity index (χ1n) is 10.5. The van der Waals surface area contributed by atoms with Crippen LogP contribution >= 0.6 is 0 Å². The second-order valence-corrected chi connectivity index (χ2v) is 14.6. The number of nitrogens with one attached hydrogen (secondary N) is 2. The predicted octanol–water partition coefficient (Wildman–Crippen LogP) is 1.22. The van der Waals surface area contributed by atoms with E-state index in [0.717, 1.165) is 0 Å². The molecule has 0 heterocycles. The summed E-state index contributed by atoms with van der Waals surface area (Å²) in [5.41, 5.74) is 1.07. The summed E-state index contributed by atoms with van der Waals surface area (Å²) in [6.07, 6.45) is 1.22. The van der Waals surface area contributed by atoms with Gasteiger partial charge in [-0.25, -0.2) is 16.8 Å². The molecule has 0 bridgehead atoms. The first kappa shape index (κ1) is 29.4. The molecule has 0 saturated carbocycles. The number of unbranched alkanes of at least 4 members (excludes halogenated alkanes) is 3. The minimum Gasteiger partial charge on any atom is -0.223 e. The van der Waals surface area contributed by atoms with E-state index >= 15 is 0 Å². The van der Waals surface area contributed by atoms with Crippen LogP contribution in [0.3, 0.4) is 0 Å². The molecule has 0 fully saturated rings. The summed E-state index contributed by atoms with van der Waals surface area (Å²) in [6, 6.07) is 14.7. The van der Waals surface area contributed by atoms with Crippen LogP contribution in [0.25, 0.3) is 0 Å². The molecule has 0 spiro atoms. The van der Waals surface area contributed by atoms with Crippen molar-refractivity contribution in [2.75, 3.05) is 11.5 Å². The number of hydrazone groups is 2. The summed E-state index contributed by atoms with van der Waals surface area (Å²) in [4.78, 5) is 3.55. The lowest BCUT2D eigenvalue weighted by molar-refractivity contribution is 0.582. The first-order valence-corrected chi connectivity index (χ1v) is 16.9. The molecule has 12 nitrogen and oxygen atoms in total. The Morgan fingerprint density at radius 2 is 0.861 bits per heavy atom. The van der Waals surface area contributed by atoms with Crippen molar-refractivity contribution < 1.29 is 33.7 Å². The molecule has 0 saturated heterocycles. The number of hydrogen-bond donors (Lipinski definition) is 2. The van der Waals surface area contributed by atoms with Gasteiger partial charge in [-0.2, -0.15) is 36.7 Å². The molecule has 2 N–H and O–H groups in total. The number of hydrogen-bond acceptors (Lipinski definition) is 10. The lowest BCUT2D eigenvalue weighted by Crippen LogP contribution is -2.20. The van der Waals surface area contributed by atoms with Crippen molar-refractivity contribution in [1.82, 2.24) is 9.66 Å². The zero-order valence-corrected chi connectivity index (χ0v) is 22.2. The number of sulfone groups is 2. The van der Waals surface area contributed by atoms with Gasteiger partial charge in [0, 0.05) is 0 Å². The highest BCUT2D eigenvalue weighted by Crippen LogP contribution is 2.08. The van der Waals surface area contributed by atoms with E-state index in [-0.39, 0.29) is 34.1 Å². The van der Waals surface area contributed by atoms with Crippen LogP contribution in [0, 0.1) is 0 Å². The lowest BCUT2D eigenvalue weighted by Gasteiger charge is -2.04. The molecule has 0 radical (unpaired) electrons. The Hall–Kier alpha value is -2.82. The van der Waals surface area contributed by atoms with Crippen molar-refractivity contribution in [3.63, 3.8) is 0 Å². The maximum atomic E-state index is 12.0.